The number of amides is 2. The first kappa shape index (κ1) is 14.9. The highest BCUT2D eigenvalue weighted by Crippen LogP contribution is 2.39. The monoisotopic (exact) mass is 320 g/mol. The van der Waals surface area contributed by atoms with Crippen molar-refractivity contribution in [1.29, 1.82) is 0 Å². The fourth-order valence-electron chi connectivity index (χ4n) is 3.74. The molecule has 0 bridgehead atoms. The maximum atomic E-state index is 12.9. The molecular weight excluding hydrogens is 300 g/mol. The standard InChI is InChI=1S/C20H20N2O2/c23-19(21-12-6-7-13-21)14-18-16-10-4-5-11-17(16)20(24)22(18)15-8-2-1-3-9-15/h1-5,8-11,18H,6-7,12-14H2. The van der Waals surface area contributed by atoms with Gasteiger partial charge in [0.2, 0.25) is 5.91 Å². The molecule has 4 heteroatoms. The van der Waals surface area contributed by atoms with Crippen LogP contribution < -0.4 is 4.90 Å². The molecule has 2 aromatic rings. The maximum Gasteiger partial charge on any atom is 0.259 e. The number of para-hydroxylation sites is 1. The van der Waals surface area contributed by atoms with E-state index in [9.17, 15) is 9.59 Å². The van der Waals surface area contributed by atoms with Crippen molar-refractivity contribution in [3.8, 4) is 0 Å². The first-order chi connectivity index (χ1) is 11.8. The topological polar surface area (TPSA) is 40.6 Å². The molecule has 2 aromatic carbocycles. The normalized spacial score (nSPS) is 19.7. The average molecular weight is 320 g/mol. The number of likely N-dealkylation sites (tertiary alicyclic amines) is 1. The molecule has 2 aliphatic rings. The van der Waals surface area contributed by atoms with Crippen LogP contribution in [-0.2, 0) is 4.79 Å². The predicted octanol–water partition coefficient (Wildman–Crippen LogP) is 3.40. The van der Waals surface area contributed by atoms with E-state index in [1.165, 1.54) is 0 Å². The fraction of sp³-hybridized carbons (Fsp3) is 0.300. The quantitative estimate of drug-likeness (QED) is 0.869. The zero-order chi connectivity index (χ0) is 16.5. The number of hydrogen-bond acceptors (Lipinski definition) is 2. The highest BCUT2D eigenvalue weighted by molar-refractivity contribution is 6.11. The van der Waals surface area contributed by atoms with E-state index in [0.717, 1.165) is 37.2 Å². The van der Waals surface area contributed by atoms with Crippen LogP contribution in [0.1, 0.15) is 41.2 Å². The van der Waals surface area contributed by atoms with Crippen LogP contribution in [-0.4, -0.2) is 29.8 Å². The number of rotatable bonds is 3. The molecule has 0 N–H and O–H groups in total. The molecule has 1 unspecified atom stereocenters. The fourth-order valence-corrected chi connectivity index (χ4v) is 3.74. The summed E-state index contributed by atoms with van der Waals surface area (Å²) >= 11 is 0. The second-order valence-corrected chi connectivity index (χ2v) is 6.41. The highest BCUT2D eigenvalue weighted by atomic mass is 16.2. The van der Waals surface area contributed by atoms with Gasteiger partial charge in [-0.1, -0.05) is 36.4 Å². The van der Waals surface area contributed by atoms with E-state index in [4.69, 9.17) is 0 Å². The Morgan fingerprint density at radius 2 is 1.62 bits per heavy atom. The van der Waals surface area contributed by atoms with Crippen molar-refractivity contribution in [3.63, 3.8) is 0 Å². The minimum atomic E-state index is -0.218. The molecule has 122 valence electrons. The van der Waals surface area contributed by atoms with E-state index < -0.39 is 0 Å². The van der Waals surface area contributed by atoms with Gasteiger partial charge in [-0.15, -0.1) is 0 Å². The van der Waals surface area contributed by atoms with E-state index in [0.29, 0.717) is 12.0 Å². The summed E-state index contributed by atoms with van der Waals surface area (Å²) in [4.78, 5) is 29.3. The number of carbonyl (C=O) groups is 2. The minimum absolute atomic E-state index is 0.0176. The smallest absolute Gasteiger partial charge is 0.259 e. The van der Waals surface area contributed by atoms with Crippen molar-refractivity contribution < 1.29 is 9.59 Å². The number of carbonyl (C=O) groups excluding carboxylic acids is 2. The summed E-state index contributed by atoms with van der Waals surface area (Å²) in [6.07, 6.45) is 2.50. The molecule has 0 spiro atoms. The van der Waals surface area contributed by atoms with E-state index in [1.807, 2.05) is 59.5 Å². The molecule has 0 radical (unpaired) electrons. The highest BCUT2D eigenvalue weighted by Gasteiger charge is 2.39. The number of anilines is 1. The Bertz CT molecular complexity index is 766. The molecule has 2 heterocycles. The number of benzene rings is 2. The Balaban J connectivity index is 1.69. The Morgan fingerprint density at radius 3 is 2.38 bits per heavy atom. The van der Waals surface area contributed by atoms with Gasteiger partial charge < -0.3 is 9.80 Å². The van der Waals surface area contributed by atoms with Gasteiger partial charge in [0.15, 0.2) is 0 Å². The van der Waals surface area contributed by atoms with E-state index >= 15 is 0 Å². The molecule has 0 saturated carbocycles. The Labute approximate surface area is 141 Å². The second kappa shape index (κ2) is 6.11. The lowest BCUT2D eigenvalue weighted by molar-refractivity contribution is -0.130. The van der Waals surface area contributed by atoms with E-state index in [-0.39, 0.29) is 17.9 Å². The SMILES string of the molecule is O=C(CC1c2ccccc2C(=O)N1c1ccccc1)N1CCCC1. The van der Waals surface area contributed by atoms with Gasteiger partial charge in [0.1, 0.15) is 0 Å². The second-order valence-electron chi connectivity index (χ2n) is 6.41. The van der Waals surface area contributed by atoms with Crippen molar-refractivity contribution in [2.75, 3.05) is 18.0 Å². The predicted molar refractivity (Wildman–Crippen MR) is 92.9 cm³/mol. The lowest BCUT2D eigenvalue weighted by Crippen LogP contribution is -2.34. The summed E-state index contributed by atoms with van der Waals surface area (Å²) in [6, 6.07) is 17.1. The van der Waals surface area contributed by atoms with Crippen molar-refractivity contribution in [2.45, 2.75) is 25.3 Å². The van der Waals surface area contributed by atoms with Gasteiger partial charge in [-0.25, -0.2) is 0 Å². The zero-order valence-corrected chi connectivity index (χ0v) is 13.5. The average Bonchev–Trinajstić information content (AvgIpc) is 3.24. The van der Waals surface area contributed by atoms with E-state index in [1.54, 1.807) is 4.90 Å². The molecule has 4 rings (SSSR count). The molecular formula is C20H20N2O2. The van der Waals surface area contributed by atoms with E-state index in [2.05, 4.69) is 0 Å². The Morgan fingerprint density at radius 1 is 0.958 bits per heavy atom. The van der Waals surface area contributed by atoms with Gasteiger partial charge in [-0.2, -0.15) is 0 Å². The summed E-state index contributed by atoms with van der Waals surface area (Å²) in [5.41, 5.74) is 2.51. The largest absolute Gasteiger partial charge is 0.343 e. The van der Waals surface area contributed by atoms with Gasteiger partial charge in [0.05, 0.1) is 12.5 Å². The third-order valence-corrected chi connectivity index (χ3v) is 4.94. The van der Waals surface area contributed by atoms with Crippen LogP contribution in [0.2, 0.25) is 0 Å². The number of fused-ring (bicyclic) bond motifs is 1. The first-order valence-electron chi connectivity index (χ1n) is 8.51. The van der Waals surface area contributed by atoms with Gasteiger partial charge in [-0.3, -0.25) is 9.59 Å². The van der Waals surface area contributed by atoms with Crippen LogP contribution in [0.25, 0.3) is 0 Å². The van der Waals surface area contributed by atoms with Gasteiger partial charge in [-0.05, 0) is 36.6 Å². The summed E-state index contributed by atoms with van der Waals surface area (Å²) < 4.78 is 0. The first-order valence-corrected chi connectivity index (χ1v) is 8.51. The third kappa shape index (κ3) is 2.48. The molecule has 4 nitrogen and oxygen atoms in total. The van der Waals surface area contributed by atoms with Crippen molar-refractivity contribution >= 4 is 17.5 Å². The molecule has 24 heavy (non-hydrogen) atoms. The summed E-state index contributed by atoms with van der Waals surface area (Å²) in [6.45, 7) is 1.68. The zero-order valence-electron chi connectivity index (χ0n) is 13.5. The van der Waals surface area contributed by atoms with Crippen LogP contribution in [0, 0.1) is 0 Å². The Hall–Kier alpha value is -2.62. The van der Waals surface area contributed by atoms with Crippen molar-refractivity contribution in [1.82, 2.24) is 4.90 Å². The molecule has 1 fully saturated rings. The molecule has 0 aromatic heterocycles. The molecule has 2 aliphatic heterocycles. The molecule has 0 aliphatic carbocycles. The van der Waals surface area contributed by atoms with Crippen molar-refractivity contribution in [3.05, 3.63) is 65.7 Å². The van der Waals surface area contributed by atoms with Crippen LogP contribution in [0.15, 0.2) is 54.6 Å². The lowest BCUT2D eigenvalue weighted by Gasteiger charge is -2.27. The van der Waals surface area contributed by atoms with Crippen LogP contribution in [0.5, 0.6) is 0 Å². The van der Waals surface area contributed by atoms with Gasteiger partial charge in [0, 0.05) is 24.3 Å². The van der Waals surface area contributed by atoms with Gasteiger partial charge >= 0.3 is 0 Å². The molecule has 1 atom stereocenters. The van der Waals surface area contributed by atoms with Crippen molar-refractivity contribution in [2.24, 2.45) is 0 Å². The van der Waals surface area contributed by atoms with Crippen LogP contribution in [0.4, 0.5) is 5.69 Å². The molecule has 2 amide bonds. The maximum absolute atomic E-state index is 12.9. The number of nitrogens with zero attached hydrogens (tertiary/aromatic N) is 2. The Kier molecular flexibility index (Phi) is 3.81. The summed E-state index contributed by atoms with van der Waals surface area (Å²) in [5, 5.41) is 0. The van der Waals surface area contributed by atoms with Crippen LogP contribution >= 0.6 is 0 Å². The van der Waals surface area contributed by atoms with Crippen LogP contribution in [0.3, 0.4) is 0 Å². The third-order valence-electron chi connectivity index (χ3n) is 4.94. The number of hydrogen-bond donors (Lipinski definition) is 0. The summed E-state index contributed by atoms with van der Waals surface area (Å²) in [5.74, 6) is 0.124. The minimum Gasteiger partial charge on any atom is -0.343 e. The molecule has 1 saturated heterocycles. The van der Waals surface area contributed by atoms with Gasteiger partial charge in [0.25, 0.3) is 5.91 Å². The lowest BCUT2D eigenvalue weighted by atomic mass is 10.0. The summed E-state index contributed by atoms with van der Waals surface area (Å²) in [7, 11) is 0.